The van der Waals surface area contributed by atoms with Crippen LogP contribution < -0.4 is 4.90 Å². The molecule has 0 radical (unpaired) electrons. The van der Waals surface area contributed by atoms with Crippen LogP contribution in [0.1, 0.15) is 17.5 Å². The molecule has 1 aliphatic heterocycles. The molecule has 1 aromatic carbocycles. The maximum atomic E-state index is 12.7. The largest absolute Gasteiger partial charge is 0.416 e. The Balaban J connectivity index is 1.54. The fraction of sp³-hybridized carbons (Fsp3) is 0.294. The average molecular weight is 364 g/mol. The van der Waals surface area contributed by atoms with Crippen molar-refractivity contribution in [2.75, 3.05) is 11.4 Å². The molecule has 0 aliphatic carbocycles. The van der Waals surface area contributed by atoms with E-state index in [-0.39, 0.29) is 12.5 Å². The monoisotopic (exact) mass is 364 g/mol. The number of carbonyl (C=O) groups is 1. The van der Waals surface area contributed by atoms with E-state index in [0.717, 1.165) is 12.1 Å². The first-order valence-electron chi connectivity index (χ1n) is 7.85. The van der Waals surface area contributed by atoms with Crippen LogP contribution in [0.15, 0.2) is 47.9 Å². The Hall–Kier alpha value is -2.97. The number of aromatic nitrogens is 2. The van der Waals surface area contributed by atoms with Crippen LogP contribution >= 0.6 is 0 Å². The van der Waals surface area contributed by atoms with Crippen molar-refractivity contribution in [1.29, 1.82) is 0 Å². The summed E-state index contributed by atoms with van der Waals surface area (Å²) in [6.07, 6.45) is 0.593. The fourth-order valence-electron chi connectivity index (χ4n) is 2.54. The van der Waals surface area contributed by atoms with Crippen LogP contribution in [0.25, 0.3) is 0 Å². The molecule has 1 aromatic heterocycles. The van der Waals surface area contributed by atoms with E-state index in [9.17, 15) is 18.0 Å². The van der Waals surface area contributed by atoms with Crippen molar-refractivity contribution < 1.29 is 22.8 Å². The van der Waals surface area contributed by atoms with E-state index in [0.29, 0.717) is 24.5 Å². The minimum absolute atomic E-state index is 0.118. The zero-order chi connectivity index (χ0) is 18.6. The summed E-state index contributed by atoms with van der Waals surface area (Å²) in [4.78, 5) is 26.9. The summed E-state index contributed by atoms with van der Waals surface area (Å²) in [5.74, 6) is -0.332. The molecule has 1 unspecified atom stereocenters. The number of amides is 1. The molecule has 0 saturated carbocycles. The van der Waals surface area contributed by atoms with E-state index in [1.165, 1.54) is 23.2 Å². The molecule has 1 atom stereocenters. The van der Waals surface area contributed by atoms with E-state index >= 15 is 0 Å². The van der Waals surface area contributed by atoms with Gasteiger partial charge in [-0.1, -0.05) is 17.3 Å². The van der Waals surface area contributed by atoms with Crippen molar-refractivity contribution in [3.63, 3.8) is 0 Å². The zero-order valence-electron chi connectivity index (χ0n) is 13.6. The molecule has 2 heterocycles. The molecule has 1 aliphatic rings. The van der Waals surface area contributed by atoms with Crippen LogP contribution in [0.2, 0.25) is 0 Å². The van der Waals surface area contributed by atoms with Crippen LogP contribution in [0, 0.1) is 5.92 Å². The minimum Gasteiger partial charge on any atom is -0.391 e. The second-order valence-electron chi connectivity index (χ2n) is 5.66. The normalized spacial score (nSPS) is 17.9. The molecule has 9 heteroatoms. The van der Waals surface area contributed by atoms with Gasteiger partial charge >= 0.3 is 6.18 Å². The molecule has 1 fully saturated rings. The lowest BCUT2D eigenvalue weighted by Gasteiger charge is -2.12. The molecule has 26 heavy (non-hydrogen) atoms. The highest BCUT2D eigenvalue weighted by Gasteiger charge is 2.33. The van der Waals surface area contributed by atoms with Crippen LogP contribution in [0.5, 0.6) is 0 Å². The maximum absolute atomic E-state index is 12.7. The van der Waals surface area contributed by atoms with Crippen molar-refractivity contribution in [2.45, 2.75) is 19.2 Å². The van der Waals surface area contributed by atoms with Crippen LogP contribution in [0.3, 0.4) is 0 Å². The van der Waals surface area contributed by atoms with Crippen molar-refractivity contribution in [2.24, 2.45) is 11.1 Å². The molecule has 0 bridgehead atoms. The van der Waals surface area contributed by atoms with Gasteiger partial charge in [0.1, 0.15) is 6.61 Å². The van der Waals surface area contributed by atoms with Crippen LogP contribution in [-0.4, -0.2) is 28.6 Å². The number of carbonyl (C=O) groups excluding carboxylic acids is 1. The van der Waals surface area contributed by atoms with Gasteiger partial charge in [-0.3, -0.25) is 9.69 Å². The van der Waals surface area contributed by atoms with Gasteiger partial charge in [0.15, 0.2) is 0 Å². The number of oxime groups is 1. The van der Waals surface area contributed by atoms with Gasteiger partial charge in [-0.05, 0) is 30.2 Å². The number of benzene rings is 1. The maximum Gasteiger partial charge on any atom is 0.416 e. The van der Waals surface area contributed by atoms with E-state index in [2.05, 4.69) is 15.1 Å². The fourth-order valence-corrected chi connectivity index (χ4v) is 2.54. The number of nitrogens with zero attached hydrogens (tertiary/aromatic N) is 4. The summed E-state index contributed by atoms with van der Waals surface area (Å²) in [5, 5.41) is 3.72. The smallest absolute Gasteiger partial charge is 0.391 e. The Labute approximate surface area is 147 Å². The summed E-state index contributed by atoms with van der Waals surface area (Å²) >= 11 is 0. The predicted molar refractivity (Wildman–Crippen MR) is 87.2 cm³/mol. The molecule has 1 amide bonds. The van der Waals surface area contributed by atoms with Gasteiger partial charge in [-0.25, -0.2) is 9.97 Å². The third kappa shape index (κ3) is 4.16. The highest BCUT2D eigenvalue weighted by Crippen LogP contribution is 2.29. The summed E-state index contributed by atoms with van der Waals surface area (Å²) in [6.45, 7) is 0.347. The summed E-state index contributed by atoms with van der Waals surface area (Å²) < 4.78 is 38.0. The van der Waals surface area contributed by atoms with Gasteiger partial charge in [0, 0.05) is 18.9 Å². The summed E-state index contributed by atoms with van der Waals surface area (Å²) in [6, 6.07) is 6.48. The summed E-state index contributed by atoms with van der Waals surface area (Å²) in [5.41, 5.74) is -0.402. The van der Waals surface area contributed by atoms with E-state index < -0.39 is 17.7 Å². The molecule has 3 rings (SSSR count). The lowest BCUT2D eigenvalue weighted by molar-refractivity contribution is -0.137. The van der Waals surface area contributed by atoms with E-state index in [1.807, 2.05) is 0 Å². The first-order valence-corrected chi connectivity index (χ1v) is 7.85. The predicted octanol–water partition coefficient (Wildman–Crippen LogP) is 3.05. The number of halogens is 3. The third-order valence-corrected chi connectivity index (χ3v) is 3.84. The Bertz CT molecular complexity index is 796. The first kappa shape index (κ1) is 17.8. The van der Waals surface area contributed by atoms with Crippen LogP contribution in [0.4, 0.5) is 19.1 Å². The Morgan fingerprint density at radius 2 is 2.04 bits per heavy atom. The van der Waals surface area contributed by atoms with Gasteiger partial charge < -0.3 is 4.84 Å². The highest BCUT2D eigenvalue weighted by molar-refractivity contribution is 6.04. The highest BCUT2D eigenvalue weighted by atomic mass is 19.4. The first-order chi connectivity index (χ1) is 12.4. The second-order valence-corrected chi connectivity index (χ2v) is 5.66. The minimum atomic E-state index is -4.40. The standard InChI is InChI=1S/C17H15F3N4O2/c18-17(19,20)14-4-1-3-12(9-14)11-26-23-10-13-5-8-24(15(13)25)16-21-6-2-7-22-16/h1-4,6-7,9-10,13H,5,8,11H2/b23-10+. The lowest BCUT2D eigenvalue weighted by Crippen LogP contribution is -2.29. The third-order valence-electron chi connectivity index (χ3n) is 3.84. The molecular weight excluding hydrogens is 349 g/mol. The second kappa shape index (κ2) is 7.51. The van der Waals surface area contributed by atoms with Crippen molar-refractivity contribution in [1.82, 2.24) is 9.97 Å². The number of hydrogen-bond acceptors (Lipinski definition) is 5. The quantitative estimate of drug-likeness (QED) is 0.604. The van der Waals surface area contributed by atoms with Gasteiger partial charge in [0.25, 0.3) is 0 Å². The van der Waals surface area contributed by atoms with Crippen molar-refractivity contribution >= 4 is 18.1 Å². The summed E-state index contributed by atoms with van der Waals surface area (Å²) in [7, 11) is 0. The molecular formula is C17H15F3N4O2. The van der Waals surface area contributed by atoms with Gasteiger partial charge in [-0.2, -0.15) is 13.2 Å². The lowest BCUT2D eigenvalue weighted by atomic mass is 10.1. The van der Waals surface area contributed by atoms with E-state index in [4.69, 9.17) is 4.84 Å². The van der Waals surface area contributed by atoms with Crippen molar-refractivity contribution in [3.05, 3.63) is 53.9 Å². The van der Waals surface area contributed by atoms with Gasteiger partial charge in [0.2, 0.25) is 11.9 Å². The van der Waals surface area contributed by atoms with Gasteiger partial charge in [-0.15, -0.1) is 0 Å². The Morgan fingerprint density at radius 3 is 2.77 bits per heavy atom. The SMILES string of the molecule is O=C1C(/C=N/OCc2cccc(C(F)(F)F)c2)CCN1c1ncccn1. The molecule has 0 spiro atoms. The average Bonchev–Trinajstić information content (AvgIpc) is 3.00. The number of alkyl halides is 3. The van der Waals surface area contributed by atoms with Crippen molar-refractivity contribution in [3.8, 4) is 0 Å². The number of rotatable bonds is 5. The van der Waals surface area contributed by atoms with E-state index in [1.54, 1.807) is 18.5 Å². The molecule has 2 aromatic rings. The number of hydrogen-bond donors (Lipinski definition) is 0. The topological polar surface area (TPSA) is 67.7 Å². The Kier molecular flexibility index (Phi) is 5.15. The zero-order valence-corrected chi connectivity index (χ0v) is 13.6. The Morgan fingerprint density at radius 1 is 1.27 bits per heavy atom. The van der Waals surface area contributed by atoms with Crippen LogP contribution in [-0.2, 0) is 22.4 Å². The molecule has 0 N–H and O–H groups in total. The molecule has 1 saturated heterocycles. The van der Waals surface area contributed by atoms with Gasteiger partial charge in [0.05, 0.1) is 17.7 Å². The number of anilines is 1. The molecule has 6 nitrogen and oxygen atoms in total. The molecule has 136 valence electrons.